The van der Waals surface area contributed by atoms with Gasteiger partial charge in [0.1, 0.15) is 12.6 Å². The molecule has 0 heterocycles. The number of benzene rings is 2. The normalized spacial score (nSPS) is 19.7. The van der Waals surface area contributed by atoms with Crippen LogP contribution in [0.3, 0.4) is 0 Å². The van der Waals surface area contributed by atoms with Crippen molar-refractivity contribution in [3.63, 3.8) is 0 Å². The first-order chi connectivity index (χ1) is 16.5. The van der Waals surface area contributed by atoms with Gasteiger partial charge in [-0.1, -0.05) is 48.5 Å². The molecule has 0 radical (unpaired) electrons. The van der Waals surface area contributed by atoms with Crippen LogP contribution in [0.15, 0.2) is 48.5 Å². The average molecular weight is 467 g/mol. The maximum absolute atomic E-state index is 12.5. The molecule has 3 atom stereocenters. The Morgan fingerprint density at radius 2 is 1.65 bits per heavy atom. The zero-order valence-electron chi connectivity index (χ0n) is 18.9. The van der Waals surface area contributed by atoms with Crippen LogP contribution in [0.1, 0.15) is 49.1 Å². The Labute approximate surface area is 198 Å². The molecule has 0 bridgehead atoms. The third-order valence-electron chi connectivity index (χ3n) is 6.73. The molecule has 2 aliphatic carbocycles. The summed E-state index contributed by atoms with van der Waals surface area (Å²) in [7, 11) is 0. The molecule has 2 amide bonds. The number of aliphatic carboxylic acids is 1. The minimum absolute atomic E-state index is 0.000672. The Morgan fingerprint density at radius 1 is 1.00 bits per heavy atom. The van der Waals surface area contributed by atoms with Crippen LogP contribution in [0.5, 0.6) is 0 Å². The number of carbonyl (C=O) groups excluding carboxylic acids is 2. The summed E-state index contributed by atoms with van der Waals surface area (Å²) in [6.45, 7) is -0.0628. The summed E-state index contributed by atoms with van der Waals surface area (Å²) in [5, 5.41) is 23.4. The summed E-state index contributed by atoms with van der Waals surface area (Å²) < 4.78 is 5.61. The van der Waals surface area contributed by atoms with Crippen molar-refractivity contribution < 1.29 is 29.3 Å². The zero-order valence-corrected chi connectivity index (χ0v) is 18.9. The first kappa shape index (κ1) is 23.8. The van der Waals surface area contributed by atoms with Gasteiger partial charge in [-0.05, 0) is 47.4 Å². The number of ether oxygens (including phenoxy) is 1. The molecule has 1 fully saturated rings. The van der Waals surface area contributed by atoms with E-state index in [0.29, 0.717) is 6.42 Å². The molecule has 4 rings (SSSR count). The van der Waals surface area contributed by atoms with E-state index in [1.165, 1.54) is 11.1 Å². The van der Waals surface area contributed by atoms with E-state index in [0.717, 1.165) is 24.0 Å². The van der Waals surface area contributed by atoms with E-state index < -0.39 is 18.1 Å². The summed E-state index contributed by atoms with van der Waals surface area (Å²) in [4.78, 5) is 35.8. The molecular weight excluding hydrogens is 436 g/mol. The summed E-state index contributed by atoms with van der Waals surface area (Å²) >= 11 is 0. The van der Waals surface area contributed by atoms with Gasteiger partial charge in [-0.3, -0.25) is 4.79 Å². The van der Waals surface area contributed by atoms with Gasteiger partial charge in [0.2, 0.25) is 5.91 Å². The van der Waals surface area contributed by atoms with Crippen molar-refractivity contribution in [3.05, 3.63) is 59.7 Å². The van der Waals surface area contributed by atoms with Crippen molar-refractivity contribution in [3.8, 4) is 11.1 Å². The largest absolute Gasteiger partial charge is 0.480 e. The molecule has 0 spiro atoms. The highest BCUT2D eigenvalue weighted by Crippen LogP contribution is 2.44. The van der Waals surface area contributed by atoms with Crippen molar-refractivity contribution in [2.45, 2.75) is 50.1 Å². The van der Waals surface area contributed by atoms with Gasteiger partial charge in [-0.15, -0.1) is 0 Å². The number of hydrogen-bond acceptors (Lipinski definition) is 5. The second kappa shape index (κ2) is 10.7. The van der Waals surface area contributed by atoms with Crippen molar-refractivity contribution in [1.29, 1.82) is 0 Å². The van der Waals surface area contributed by atoms with Gasteiger partial charge in [0, 0.05) is 31.4 Å². The number of fused-ring (bicyclic) bond motifs is 3. The number of carbonyl (C=O) groups is 3. The van der Waals surface area contributed by atoms with Crippen LogP contribution in [-0.4, -0.2) is 53.5 Å². The quantitative estimate of drug-likeness (QED) is 0.450. The Bertz CT molecular complexity index is 1010. The lowest BCUT2D eigenvalue weighted by molar-refractivity contribution is -0.142. The number of carboxylic acids is 1. The summed E-state index contributed by atoms with van der Waals surface area (Å²) in [5.41, 5.74) is 4.66. The molecule has 1 saturated carbocycles. The SMILES string of the molecule is O=C(C[C@@H]1CC[C@H](NC(=O)OCC2c3ccccc3-c3ccccc32)C1)N[C@@H](CCO)C(=O)O. The van der Waals surface area contributed by atoms with Crippen LogP contribution < -0.4 is 10.6 Å². The molecule has 0 aliphatic heterocycles. The van der Waals surface area contributed by atoms with Crippen LogP contribution >= 0.6 is 0 Å². The molecule has 8 heteroatoms. The van der Waals surface area contributed by atoms with Gasteiger partial charge in [0.15, 0.2) is 0 Å². The fourth-order valence-electron chi connectivity index (χ4n) is 5.10. The molecule has 2 aromatic rings. The van der Waals surface area contributed by atoms with Gasteiger partial charge in [-0.2, -0.15) is 0 Å². The molecule has 2 aromatic carbocycles. The van der Waals surface area contributed by atoms with Crippen LogP contribution in [0.25, 0.3) is 11.1 Å². The number of rotatable bonds is 9. The number of carboxylic acid groups (broad SMARTS) is 1. The van der Waals surface area contributed by atoms with Crippen molar-refractivity contribution >= 4 is 18.0 Å². The van der Waals surface area contributed by atoms with Gasteiger partial charge in [0.05, 0.1) is 0 Å². The second-order valence-corrected chi connectivity index (χ2v) is 9.02. The topological polar surface area (TPSA) is 125 Å². The monoisotopic (exact) mass is 466 g/mol. The molecule has 4 N–H and O–H groups in total. The van der Waals surface area contributed by atoms with Crippen LogP contribution in [0.4, 0.5) is 4.79 Å². The molecule has 180 valence electrons. The van der Waals surface area contributed by atoms with Crippen molar-refractivity contribution in [2.24, 2.45) is 5.92 Å². The fraction of sp³-hybridized carbons (Fsp3) is 0.423. The van der Waals surface area contributed by atoms with Crippen LogP contribution in [0, 0.1) is 5.92 Å². The summed E-state index contributed by atoms with van der Waals surface area (Å²) in [6.07, 6.45) is 1.83. The first-order valence-electron chi connectivity index (χ1n) is 11.7. The van der Waals surface area contributed by atoms with E-state index in [4.69, 9.17) is 14.9 Å². The number of alkyl carbamates (subject to hydrolysis) is 1. The molecule has 8 nitrogen and oxygen atoms in total. The molecule has 0 unspecified atom stereocenters. The van der Waals surface area contributed by atoms with Gasteiger partial charge in [0.25, 0.3) is 0 Å². The molecule has 0 saturated heterocycles. The highest BCUT2D eigenvalue weighted by molar-refractivity contribution is 5.83. The zero-order chi connectivity index (χ0) is 24.1. The minimum Gasteiger partial charge on any atom is -0.480 e. The summed E-state index contributed by atoms with van der Waals surface area (Å²) in [5.74, 6) is -1.46. The van der Waals surface area contributed by atoms with E-state index in [1.54, 1.807) is 0 Å². The molecule has 2 aliphatic rings. The third kappa shape index (κ3) is 5.39. The fourth-order valence-corrected chi connectivity index (χ4v) is 5.10. The number of nitrogens with one attached hydrogen (secondary N) is 2. The lowest BCUT2D eigenvalue weighted by atomic mass is 9.98. The van der Waals surface area contributed by atoms with Crippen molar-refractivity contribution in [1.82, 2.24) is 10.6 Å². The number of amides is 2. The second-order valence-electron chi connectivity index (χ2n) is 9.02. The Kier molecular flexibility index (Phi) is 7.47. The first-order valence-corrected chi connectivity index (χ1v) is 11.7. The smallest absolute Gasteiger partial charge is 0.407 e. The maximum atomic E-state index is 12.5. The predicted molar refractivity (Wildman–Crippen MR) is 125 cm³/mol. The number of aliphatic hydroxyl groups excluding tert-OH is 1. The van der Waals surface area contributed by atoms with Gasteiger partial charge < -0.3 is 25.6 Å². The number of hydrogen-bond donors (Lipinski definition) is 4. The Balaban J connectivity index is 1.25. The van der Waals surface area contributed by atoms with E-state index in [2.05, 4.69) is 34.9 Å². The van der Waals surface area contributed by atoms with Crippen LogP contribution in [0.2, 0.25) is 0 Å². The lowest BCUT2D eigenvalue weighted by Crippen LogP contribution is -2.42. The molecular formula is C26H30N2O6. The Morgan fingerprint density at radius 3 is 2.26 bits per heavy atom. The van der Waals surface area contributed by atoms with Crippen molar-refractivity contribution in [2.75, 3.05) is 13.2 Å². The highest BCUT2D eigenvalue weighted by Gasteiger charge is 2.31. The van der Waals surface area contributed by atoms with E-state index in [-0.39, 0.29) is 49.8 Å². The van der Waals surface area contributed by atoms with Gasteiger partial charge in [-0.25, -0.2) is 9.59 Å². The van der Waals surface area contributed by atoms with Crippen LogP contribution in [-0.2, 0) is 14.3 Å². The lowest BCUT2D eigenvalue weighted by Gasteiger charge is -2.17. The van der Waals surface area contributed by atoms with E-state index >= 15 is 0 Å². The third-order valence-corrected chi connectivity index (χ3v) is 6.73. The predicted octanol–water partition coefficient (Wildman–Crippen LogP) is 3.04. The summed E-state index contributed by atoms with van der Waals surface area (Å²) in [6, 6.07) is 15.2. The number of aliphatic hydroxyl groups is 1. The van der Waals surface area contributed by atoms with E-state index in [1.807, 2.05) is 24.3 Å². The Hall–Kier alpha value is -3.39. The standard InChI is InChI=1S/C26H30N2O6/c29-12-11-23(25(31)32)28-24(30)14-16-9-10-17(13-16)27-26(33)34-15-22-20-7-3-1-5-18(20)19-6-2-4-8-21(19)22/h1-8,16-17,22-23,29H,9-15H2,(H,27,33)(H,28,30)(H,31,32)/t16-,17+,23+/m1/s1. The molecule has 34 heavy (non-hydrogen) atoms. The highest BCUT2D eigenvalue weighted by atomic mass is 16.5. The maximum Gasteiger partial charge on any atom is 0.407 e. The van der Waals surface area contributed by atoms with E-state index in [9.17, 15) is 14.4 Å². The molecule has 0 aromatic heterocycles. The van der Waals surface area contributed by atoms with Gasteiger partial charge >= 0.3 is 12.1 Å². The minimum atomic E-state index is -1.16. The average Bonchev–Trinajstić information content (AvgIpc) is 3.39.